The molecule has 0 heterocycles. The predicted molar refractivity (Wildman–Crippen MR) is 85.9 cm³/mol. The summed E-state index contributed by atoms with van der Waals surface area (Å²) in [4.78, 5) is 48.0. The molecule has 133 valence electrons. The maximum Gasteiger partial charge on any atom is 0.369 e. The van der Waals surface area contributed by atoms with Crippen molar-refractivity contribution >= 4 is 50.7 Å². The minimum absolute atomic E-state index is 0. The van der Waals surface area contributed by atoms with E-state index in [1.165, 1.54) is 0 Å². The monoisotopic (exact) mass is 392 g/mol. The van der Waals surface area contributed by atoms with Gasteiger partial charge in [-0.25, -0.2) is 0 Å². The topological polar surface area (TPSA) is 164 Å². The van der Waals surface area contributed by atoms with Crippen molar-refractivity contribution in [2.75, 3.05) is 6.54 Å². The standard InChI is InChI=1S/C12H21NO8P2.Na/c14-11(10-7-8-2-3-9(10)6-8)13-5-1-4-12(15,22(16,17)18)23(19,20)21;/h2-3,8-10,15H,1,4-7H2,(H,13,14)(H2,16,17,18)(H2,19,20,21);. The summed E-state index contributed by atoms with van der Waals surface area (Å²) in [5, 5.41) is 8.88. The number of rotatable bonds is 7. The molecule has 1 saturated carbocycles. The van der Waals surface area contributed by atoms with Gasteiger partial charge in [-0.05, 0) is 31.1 Å². The second-order valence-corrected chi connectivity index (χ2v) is 10.2. The average Bonchev–Trinajstić information content (AvgIpc) is 3.02. The first-order chi connectivity index (χ1) is 10.5. The first-order valence-electron chi connectivity index (χ1n) is 7.25. The summed E-state index contributed by atoms with van der Waals surface area (Å²) in [6.07, 6.45) is 4.83. The molecule has 12 heteroatoms. The minimum atomic E-state index is -5.43. The van der Waals surface area contributed by atoms with E-state index in [9.17, 15) is 19.0 Å². The van der Waals surface area contributed by atoms with Crippen LogP contribution in [0.25, 0.3) is 0 Å². The number of carbonyl (C=O) groups is 1. The molecular formula is C12H21NNaO8P2. The van der Waals surface area contributed by atoms with E-state index in [0.717, 1.165) is 12.8 Å². The Balaban J connectivity index is 0.00000288. The summed E-state index contributed by atoms with van der Waals surface area (Å²) in [7, 11) is -10.9. The fraction of sp³-hybridized carbons (Fsp3) is 0.750. The van der Waals surface area contributed by atoms with Gasteiger partial charge >= 0.3 is 15.2 Å². The van der Waals surface area contributed by atoms with Crippen LogP contribution in [-0.2, 0) is 13.9 Å². The summed E-state index contributed by atoms with van der Waals surface area (Å²) in [5.41, 5.74) is 0. The van der Waals surface area contributed by atoms with Crippen molar-refractivity contribution in [3.8, 4) is 0 Å². The molecule has 0 aromatic heterocycles. The molecule has 1 amide bonds. The normalized spacial score (nSPS) is 26.3. The van der Waals surface area contributed by atoms with Gasteiger partial charge in [0.1, 0.15) is 0 Å². The molecule has 0 aromatic rings. The Hall–Kier alpha value is 0.470. The van der Waals surface area contributed by atoms with Crippen molar-refractivity contribution in [2.24, 2.45) is 17.8 Å². The van der Waals surface area contributed by atoms with Crippen LogP contribution < -0.4 is 5.32 Å². The second-order valence-electron chi connectivity index (χ2n) is 6.14. The quantitative estimate of drug-likeness (QED) is 0.149. The summed E-state index contributed by atoms with van der Waals surface area (Å²) in [6, 6.07) is 0. The fourth-order valence-electron chi connectivity index (χ4n) is 3.21. The number of aliphatic hydroxyl groups is 1. The van der Waals surface area contributed by atoms with E-state index < -0.39 is 26.7 Å². The Morgan fingerprint density at radius 2 is 1.71 bits per heavy atom. The number of fused-ring (bicyclic) bond motifs is 2. The Labute approximate surface area is 161 Å². The number of nitrogens with one attached hydrogen (secondary N) is 1. The molecule has 1 fully saturated rings. The average molecular weight is 392 g/mol. The van der Waals surface area contributed by atoms with Crippen LogP contribution in [0.5, 0.6) is 0 Å². The van der Waals surface area contributed by atoms with Gasteiger partial charge in [-0.2, -0.15) is 0 Å². The molecule has 3 unspecified atom stereocenters. The molecular weight excluding hydrogens is 371 g/mol. The van der Waals surface area contributed by atoms with E-state index in [2.05, 4.69) is 11.4 Å². The number of amides is 1. The van der Waals surface area contributed by atoms with Gasteiger partial charge in [0.2, 0.25) is 5.91 Å². The van der Waals surface area contributed by atoms with E-state index >= 15 is 0 Å². The molecule has 2 bridgehead atoms. The van der Waals surface area contributed by atoms with Crippen LogP contribution >= 0.6 is 15.2 Å². The van der Waals surface area contributed by atoms with E-state index in [4.69, 9.17) is 19.6 Å². The van der Waals surface area contributed by atoms with Crippen LogP contribution in [0.15, 0.2) is 12.2 Å². The smallest absolute Gasteiger partial charge is 0.368 e. The zero-order chi connectivity index (χ0) is 17.5. The molecule has 2 aliphatic rings. The molecule has 0 saturated heterocycles. The van der Waals surface area contributed by atoms with Gasteiger partial charge in [-0.1, -0.05) is 12.2 Å². The minimum Gasteiger partial charge on any atom is -0.368 e. The number of carbonyl (C=O) groups excluding carboxylic acids is 1. The van der Waals surface area contributed by atoms with Gasteiger partial charge < -0.3 is 30.0 Å². The predicted octanol–water partition coefficient (Wildman–Crippen LogP) is -0.284. The van der Waals surface area contributed by atoms with E-state index in [1.807, 2.05) is 6.08 Å². The van der Waals surface area contributed by atoms with Gasteiger partial charge in [0.05, 0.1) is 0 Å². The van der Waals surface area contributed by atoms with Crippen LogP contribution in [0.4, 0.5) is 0 Å². The Kier molecular flexibility index (Phi) is 7.51. The summed E-state index contributed by atoms with van der Waals surface area (Å²) in [5.74, 6) is 0.317. The van der Waals surface area contributed by atoms with Crippen molar-refractivity contribution in [2.45, 2.75) is 30.8 Å². The zero-order valence-electron chi connectivity index (χ0n) is 13.3. The molecule has 3 atom stereocenters. The molecule has 0 aliphatic heterocycles. The third-order valence-corrected chi connectivity index (χ3v) is 8.41. The van der Waals surface area contributed by atoms with Crippen molar-refractivity contribution in [3.05, 3.63) is 12.2 Å². The largest absolute Gasteiger partial charge is 0.369 e. The summed E-state index contributed by atoms with van der Waals surface area (Å²) >= 11 is 0. The van der Waals surface area contributed by atoms with E-state index in [0.29, 0.717) is 5.92 Å². The van der Waals surface area contributed by atoms with Crippen molar-refractivity contribution in [1.82, 2.24) is 5.32 Å². The van der Waals surface area contributed by atoms with Gasteiger partial charge in [0, 0.05) is 48.4 Å². The molecule has 0 spiro atoms. The van der Waals surface area contributed by atoms with E-state index in [1.54, 1.807) is 0 Å². The van der Waals surface area contributed by atoms with Crippen LogP contribution in [0.3, 0.4) is 0 Å². The summed E-state index contributed by atoms with van der Waals surface area (Å²) < 4.78 is 22.4. The molecule has 9 nitrogen and oxygen atoms in total. The van der Waals surface area contributed by atoms with Crippen LogP contribution in [0, 0.1) is 17.8 Å². The van der Waals surface area contributed by atoms with Crippen molar-refractivity contribution in [1.29, 1.82) is 0 Å². The first-order valence-corrected chi connectivity index (χ1v) is 10.5. The van der Waals surface area contributed by atoms with Crippen LogP contribution in [0.1, 0.15) is 25.7 Å². The number of allylic oxidation sites excluding steroid dienone is 2. The fourth-order valence-corrected chi connectivity index (χ4v) is 5.47. The van der Waals surface area contributed by atoms with Gasteiger partial charge in [0.25, 0.3) is 5.08 Å². The Bertz CT molecular complexity index is 578. The van der Waals surface area contributed by atoms with Gasteiger partial charge in [-0.3, -0.25) is 13.9 Å². The molecule has 24 heavy (non-hydrogen) atoms. The third kappa shape index (κ3) is 4.60. The molecule has 6 N–H and O–H groups in total. The van der Waals surface area contributed by atoms with Gasteiger partial charge in [0.15, 0.2) is 0 Å². The molecule has 1 radical (unpaired) electrons. The molecule has 2 rings (SSSR count). The third-order valence-electron chi connectivity index (χ3n) is 4.54. The zero-order valence-corrected chi connectivity index (χ0v) is 17.1. The van der Waals surface area contributed by atoms with Crippen LogP contribution in [0.2, 0.25) is 0 Å². The second kappa shape index (κ2) is 8.01. The van der Waals surface area contributed by atoms with Crippen molar-refractivity contribution < 1.29 is 38.6 Å². The number of hydrogen-bond donors (Lipinski definition) is 6. The SMILES string of the molecule is O=C(NCCCC(O)(P(=O)(O)O)P(=O)(O)O)C1CC2C=CC1C2.[Na]. The van der Waals surface area contributed by atoms with Crippen molar-refractivity contribution in [3.63, 3.8) is 0 Å². The molecule has 2 aliphatic carbocycles. The Morgan fingerprint density at radius 3 is 2.12 bits per heavy atom. The van der Waals surface area contributed by atoms with Gasteiger partial charge in [-0.15, -0.1) is 0 Å². The maximum absolute atomic E-state index is 12.0. The number of hydrogen-bond acceptors (Lipinski definition) is 4. The van der Waals surface area contributed by atoms with Crippen LogP contribution in [-0.4, -0.2) is 71.8 Å². The molecule has 0 aromatic carbocycles. The summed E-state index contributed by atoms with van der Waals surface area (Å²) in [6.45, 7) is -0.0290. The maximum atomic E-state index is 12.0. The van der Waals surface area contributed by atoms with E-state index in [-0.39, 0.29) is 60.3 Å². The first kappa shape index (κ1) is 22.5. The Morgan fingerprint density at radius 1 is 1.12 bits per heavy atom.